The van der Waals surface area contributed by atoms with Crippen LogP contribution in [0.5, 0.6) is 5.75 Å². The smallest absolute Gasteiger partial charge is 0.123 e. The van der Waals surface area contributed by atoms with E-state index in [1.54, 1.807) is 7.11 Å². The Balaban J connectivity index is 2.43. The minimum absolute atomic E-state index is 0.347. The second kappa shape index (κ2) is 4.45. The predicted octanol–water partition coefficient (Wildman–Crippen LogP) is 2.75. The van der Waals surface area contributed by atoms with Gasteiger partial charge in [-0.15, -0.1) is 0 Å². The van der Waals surface area contributed by atoms with Crippen molar-refractivity contribution in [1.29, 1.82) is 0 Å². The van der Waals surface area contributed by atoms with Gasteiger partial charge < -0.3 is 9.84 Å². The van der Waals surface area contributed by atoms with Gasteiger partial charge in [-0.1, -0.05) is 19.1 Å². The second-order valence-electron chi connectivity index (χ2n) is 3.90. The lowest BCUT2D eigenvalue weighted by Gasteiger charge is -2.14. The molecule has 3 heteroatoms. The second-order valence-corrected chi connectivity index (χ2v) is 5.33. The summed E-state index contributed by atoms with van der Waals surface area (Å²) in [6, 6.07) is 5.91. The monoisotopic (exact) mass is 224 g/mol. The number of aliphatic hydroxyl groups excluding tert-OH is 1. The summed E-state index contributed by atoms with van der Waals surface area (Å²) in [4.78, 5) is 0. The van der Waals surface area contributed by atoms with E-state index in [-0.39, 0.29) is 6.10 Å². The summed E-state index contributed by atoms with van der Waals surface area (Å²) < 4.78 is 5.33. The highest BCUT2D eigenvalue weighted by atomic mass is 32.2. The molecule has 2 atom stereocenters. The number of hydrogen-bond donors (Lipinski definition) is 1. The summed E-state index contributed by atoms with van der Waals surface area (Å²) in [5.74, 6) is 1.82. The molecule has 1 aromatic carbocycles. The molecule has 1 aliphatic heterocycles. The van der Waals surface area contributed by atoms with Gasteiger partial charge >= 0.3 is 0 Å². The molecular weight excluding hydrogens is 208 g/mol. The molecule has 1 heterocycles. The van der Waals surface area contributed by atoms with Crippen molar-refractivity contribution in [2.75, 3.05) is 7.11 Å². The zero-order valence-corrected chi connectivity index (χ0v) is 9.88. The van der Waals surface area contributed by atoms with Gasteiger partial charge in [0.1, 0.15) is 5.75 Å². The van der Waals surface area contributed by atoms with Crippen molar-refractivity contribution in [1.82, 2.24) is 0 Å². The van der Waals surface area contributed by atoms with E-state index in [0.29, 0.717) is 5.25 Å². The van der Waals surface area contributed by atoms with E-state index in [2.05, 4.69) is 6.92 Å². The number of benzene rings is 1. The van der Waals surface area contributed by atoms with Gasteiger partial charge in [0.15, 0.2) is 0 Å². The van der Waals surface area contributed by atoms with Gasteiger partial charge in [-0.05, 0) is 18.1 Å². The van der Waals surface area contributed by atoms with Crippen LogP contribution in [0.25, 0.3) is 0 Å². The van der Waals surface area contributed by atoms with Crippen LogP contribution < -0.4 is 4.74 Å². The maximum atomic E-state index is 10.1. The van der Waals surface area contributed by atoms with Crippen LogP contribution >= 0.6 is 11.8 Å². The number of methoxy groups -OCH3 is 1. The lowest BCUT2D eigenvalue weighted by Crippen LogP contribution is -2.04. The lowest BCUT2D eigenvalue weighted by molar-refractivity contribution is 0.168. The van der Waals surface area contributed by atoms with Gasteiger partial charge in [0.05, 0.1) is 13.2 Å². The van der Waals surface area contributed by atoms with Crippen molar-refractivity contribution in [2.45, 2.75) is 30.5 Å². The highest BCUT2D eigenvalue weighted by Crippen LogP contribution is 2.38. The Labute approximate surface area is 94.6 Å². The molecule has 1 aromatic rings. The van der Waals surface area contributed by atoms with E-state index in [0.717, 1.165) is 29.1 Å². The Morgan fingerprint density at radius 1 is 1.47 bits per heavy atom. The minimum Gasteiger partial charge on any atom is -0.496 e. The number of ether oxygens (including phenoxy) is 1. The zero-order chi connectivity index (χ0) is 10.8. The van der Waals surface area contributed by atoms with Gasteiger partial charge in [0.2, 0.25) is 0 Å². The molecule has 0 fully saturated rings. The van der Waals surface area contributed by atoms with Crippen LogP contribution in [0.1, 0.15) is 30.6 Å². The molecule has 0 aliphatic carbocycles. The predicted molar refractivity (Wildman–Crippen MR) is 63.3 cm³/mol. The Hall–Kier alpha value is -0.670. The van der Waals surface area contributed by atoms with E-state index in [9.17, 15) is 5.11 Å². The largest absolute Gasteiger partial charge is 0.496 e. The van der Waals surface area contributed by atoms with Crippen LogP contribution in [0.4, 0.5) is 0 Å². The maximum absolute atomic E-state index is 10.1. The molecule has 2 rings (SSSR count). The first-order valence-electron chi connectivity index (χ1n) is 5.18. The number of rotatable bonds is 1. The van der Waals surface area contributed by atoms with E-state index >= 15 is 0 Å². The summed E-state index contributed by atoms with van der Waals surface area (Å²) in [7, 11) is 1.68. The molecule has 1 aliphatic rings. The van der Waals surface area contributed by atoms with Crippen molar-refractivity contribution < 1.29 is 9.84 Å². The Morgan fingerprint density at radius 2 is 2.27 bits per heavy atom. The molecule has 0 radical (unpaired) electrons. The molecule has 15 heavy (non-hydrogen) atoms. The van der Waals surface area contributed by atoms with E-state index in [4.69, 9.17) is 4.74 Å². The zero-order valence-electron chi connectivity index (χ0n) is 9.06. The Kier molecular flexibility index (Phi) is 3.22. The molecule has 1 unspecified atom stereocenters. The molecule has 0 amide bonds. The van der Waals surface area contributed by atoms with Crippen LogP contribution in [-0.4, -0.2) is 17.5 Å². The average Bonchev–Trinajstić information content (AvgIpc) is 2.38. The lowest BCUT2D eigenvalue weighted by atomic mass is 9.99. The molecule has 1 N–H and O–H groups in total. The SMILES string of the molecule is COc1cccc2c1CSC(C)C[C@@H]2O. The fraction of sp³-hybridized carbons (Fsp3) is 0.500. The van der Waals surface area contributed by atoms with Crippen LogP contribution in [0.2, 0.25) is 0 Å². The van der Waals surface area contributed by atoms with Crippen LogP contribution in [0.15, 0.2) is 18.2 Å². The number of hydrogen-bond acceptors (Lipinski definition) is 3. The fourth-order valence-electron chi connectivity index (χ4n) is 1.98. The normalized spacial score (nSPS) is 25.5. The van der Waals surface area contributed by atoms with Crippen molar-refractivity contribution in [3.63, 3.8) is 0 Å². The third-order valence-corrected chi connectivity index (χ3v) is 4.03. The molecule has 0 saturated heterocycles. The quantitative estimate of drug-likeness (QED) is 0.795. The summed E-state index contributed by atoms with van der Waals surface area (Å²) in [6.45, 7) is 2.16. The Morgan fingerprint density at radius 3 is 3.00 bits per heavy atom. The summed E-state index contributed by atoms with van der Waals surface area (Å²) in [5.41, 5.74) is 2.19. The van der Waals surface area contributed by atoms with Gasteiger partial charge in [-0.2, -0.15) is 11.8 Å². The van der Waals surface area contributed by atoms with Gasteiger partial charge in [-0.25, -0.2) is 0 Å². The van der Waals surface area contributed by atoms with Crippen LogP contribution in [0.3, 0.4) is 0 Å². The highest BCUT2D eigenvalue weighted by Gasteiger charge is 2.22. The van der Waals surface area contributed by atoms with Gasteiger partial charge in [-0.3, -0.25) is 0 Å². The molecule has 2 nitrogen and oxygen atoms in total. The average molecular weight is 224 g/mol. The number of thioether (sulfide) groups is 1. The molecule has 0 spiro atoms. The topological polar surface area (TPSA) is 29.5 Å². The molecule has 0 saturated carbocycles. The molecule has 82 valence electrons. The molecular formula is C12H16O2S. The first-order valence-corrected chi connectivity index (χ1v) is 6.22. The highest BCUT2D eigenvalue weighted by molar-refractivity contribution is 7.99. The van der Waals surface area contributed by atoms with Crippen LogP contribution in [0, 0.1) is 0 Å². The maximum Gasteiger partial charge on any atom is 0.123 e. The van der Waals surface area contributed by atoms with E-state index < -0.39 is 0 Å². The first-order chi connectivity index (χ1) is 7.22. The van der Waals surface area contributed by atoms with Gasteiger partial charge in [0, 0.05) is 16.6 Å². The van der Waals surface area contributed by atoms with Crippen molar-refractivity contribution in [2.24, 2.45) is 0 Å². The van der Waals surface area contributed by atoms with Crippen molar-refractivity contribution >= 4 is 11.8 Å². The molecule has 0 aromatic heterocycles. The van der Waals surface area contributed by atoms with Crippen molar-refractivity contribution in [3.8, 4) is 5.75 Å². The van der Waals surface area contributed by atoms with Gasteiger partial charge in [0.25, 0.3) is 0 Å². The van der Waals surface area contributed by atoms with E-state index in [1.807, 2.05) is 30.0 Å². The third-order valence-electron chi connectivity index (χ3n) is 2.82. The van der Waals surface area contributed by atoms with Crippen molar-refractivity contribution in [3.05, 3.63) is 29.3 Å². The van der Waals surface area contributed by atoms with E-state index in [1.165, 1.54) is 0 Å². The number of fused-ring (bicyclic) bond motifs is 1. The summed E-state index contributed by atoms with van der Waals surface area (Å²) in [5, 5.41) is 10.6. The summed E-state index contributed by atoms with van der Waals surface area (Å²) >= 11 is 1.87. The van der Waals surface area contributed by atoms with Crippen LogP contribution in [-0.2, 0) is 5.75 Å². The number of aliphatic hydroxyl groups is 1. The minimum atomic E-state index is -0.347. The first kappa shape index (κ1) is 10.8. The molecule has 0 bridgehead atoms. The third kappa shape index (κ3) is 2.13. The Bertz CT molecular complexity index is 351. The fourth-order valence-corrected chi connectivity index (χ4v) is 3.05. The standard InChI is InChI=1S/C12H16O2S/c1-8-6-11(13)9-4-3-5-12(14-2)10(9)7-15-8/h3-5,8,11,13H,6-7H2,1-2H3/t8?,11-/m0/s1. The summed E-state index contributed by atoms with van der Waals surface area (Å²) in [6.07, 6.45) is 0.477.